The largest absolute Gasteiger partial charge is 0.493 e. The van der Waals surface area contributed by atoms with E-state index in [1.807, 2.05) is 60.7 Å². The van der Waals surface area contributed by atoms with Crippen LogP contribution in [0.3, 0.4) is 0 Å². The minimum atomic E-state index is -0.734. The molecule has 0 spiro atoms. The monoisotopic (exact) mass is 457 g/mol. The minimum absolute atomic E-state index is 0.0817. The molecule has 3 rings (SSSR count). The summed E-state index contributed by atoms with van der Waals surface area (Å²) in [5.74, 6) is 0.217. The molecule has 0 aliphatic heterocycles. The van der Waals surface area contributed by atoms with Gasteiger partial charge in [0.25, 0.3) is 0 Å². The number of esters is 1. The van der Waals surface area contributed by atoms with Gasteiger partial charge in [0, 0.05) is 12.2 Å². The van der Waals surface area contributed by atoms with Gasteiger partial charge in [-0.25, -0.2) is 4.79 Å². The lowest BCUT2D eigenvalue weighted by Crippen LogP contribution is -2.29. The van der Waals surface area contributed by atoms with Crippen LogP contribution < -0.4 is 14.8 Å². The highest BCUT2D eigenvalue weighted by Crippen LogP contribution is 2.31. The third-order valence-electron chi connectivity index (χ3n) is 4.94. The summed E-state index contributed by atoms with van der Waals surface area (Å²) in [6, 6.07) is 24.2. The van der Waals surface area contributed by atoms with E-state index in [-0.39, 0.29) is 12.5 Å². The van der Waals surface area contributed by atoms with Gasteiger partial charge in [-0.05, 0) is 41.0 Å². The second-order valence-corrected chi connectivity index (χ2v) is 7.27. The van der Waals surface area contributed by atoms with E-state index in [0.29, 0.717) is 17.1 Å². The molecule has 0 radical (unpaired) electrons. The SMILES string of the molecule is COc1ccc([C@H](CNC(=O)C=Cc2ccccc2)OC(=O)C=Cc2ccccc2)cc1OC. The van der Waals surface area contributed by atoms with Crippen molar-refractivity contribution in [2.45, 2.75) is 6.10 Å². The average Bonchev–Trinajstić information content (AvgIpc) is 2.89. The molecular formula is C28H27NO5. The van der Waals surface area contributed by atoms with Crippen molar-refractivity contribution in [1.82, 2.24) is 5.32 Å². The van der Waals surface area contributed by atoms with E-state index >= 15 is 0 Å². The van der Waals surface area contributed by atoms with Crippen molar-refractivity contribution >= 4 is 24.0 Å². The van der Waals surface area contributed by atoms with Gasteiger partial charge in [0.15, 0.2) is 11.5 Å². The fourth-order valence-corrected chi connectivity index (χ4v) is 3.18. The van der Waals surface area contributed by atoms with E-state index < -0.39 is 12.1 Å². The van der Waals surface area contributed by atoms with Crippen LogP contribution in [0.2, 0.25) is 0 Å². The van der Waals surface area contributed by atoms with Crippen LogP contribution in [0.15, 0.2) is 91.0 Å². The lowest BCUT2D eigenvalue weighted by Gasteiger charge is -2.19. The molecule has 0 unspecified atom stereocenters. The van der Waals surface area contributed by atoms with E-state index in [4.69, 9.17) is 14.2 Å². The summed E-state index contributed by atoms with van der Waals surface area (Å²) in [6.07, 6.45) is 5.46. The highest BCUT2D eigenvalue weighted by atomic mass is 16.5. The number of methoxy groups -OCH3 is 2. The van der Waals surface area contributed by atoms with E-state index in [1.54, 1.807) is 37.5 Å². The second-order valence-electron chi connectivity index (χ2n) is 7.27. The molecule has 6 nitrogen and oxygen atoms in total. The number of rotatable bonds is 10. The van der Waals surface area contributed by atoms with Crippen LogP contribution >= 0.6 is 0 Å². The predicted octanol–water partition coefficient (Wildman–Crippen LogP) is 4.83. The number of carbonyl (C=O) groups excluding carboxylic acids is 2. The highest BCUT2D eigenvalue weighted by Gasteiger charge is 2.19. The van der Waals surface area contributed by atoms with Crippen LogP contribution in [-0.4, -0.2) is 32.6 Å². The van der Waals surface area contributed by atoms with Crippen LogP contribution in [0, 0.1) is 0 Å². The van der Waals surface area contributed by atoms with Gasteiger partial charge in [-0.15, -0.1) is 0 Å². The zero-order chi connectivity index (χ0) is 24.2. The van der Waals surface area contributed by atoms with Crippen LogP contribution in [0.25, 0.3) is 12.2 Å². The molecule has 6 heteroatoms. The molecule has 0 heterocycles. The molecule has 0 bridgehead atoms. The predicted molar refractivity (Wildman–Crippen MR) is 132 cm³/mol. The molecule has 174 valence electrons. The zero-order valence-corrected chi connectivity index (χ0v) is 19.1. The lowest BCUT2D eigenvalue weighted by atomic mass is 10.1. The Labute approximate surface area is 199 Å². The third kappa shape index (κ3) is 7.38. The van der Waals surface area contributed by atoms with E-state index in [1.165, 1.54) is 19.3 Å². The molecule has 0 aromatic heterocycles. The Balaban J connectivity index is 1.73. The number of hydrogen-bond donors (Lipinski definition) is 1. The van der Waals surface area contributed by atoms with Crippen molar-refractivity contribution in [3.8, 4) is 11.5 Å². The minimum Gasteiger partial charge on any atom is -0.493 e. The summed E-state index contributed by atoms with van der Waals surface area (Å²) in [5.41, 5.74) is 2.44. The van der Waals surface area contributed by atoms with Crippen molar-refractivity contribution in [2.75, 3.05) is 20.8 Å². The maximum absolute atomic E-state index is 12.5. The Morgan fingerprint density at radius 1 is 0.794 bits per heavy atom. The Morgan fingerprint density at radius 2 is 1.38 bits per heavy atom. The molecule has 0 aliphatic rings. The van der Waals surface area contributed by atoms with Gasteiger partial charge in [0.05, 0.1) is 20.8 Å². The number of nitrogens with one attached hydrogen (secondary N) is 1. The Kier molecular flexibility index (Phi) is 9.05. The van der Waals surface area contributed by atoms with Crippen LogP contribution in [0.5, 0.6) is 11.5 Å². The summed E-state index contributed by atoms with van der Waals surface area (Å²) in [6.45, 7) is 0.0817. The van der Waals surface area contributed by atoms with Crippen molar-refractivity contribution in [2.24, 2.45) is 0 Å². The summed E-state index contributed by atoms with van der Waals surface area (Å²) in [5, 5.41) is 2.80. The normalized spacial score (nSPS) is 11.8. The maximum atomic E-state index is 12.5. The number of benzene rings is 3. The van der Waals surface area contributed by atoms with Crippen molar-refractivity contribution in [3.63, 3.8) is 0 Å². The van der Waals surface area contributed by atoms with Crippen LogP contribution in [-0.2, 0) is 14.3 Å². The lowest BCUT2D eigenvalue weighted by molar-refractivity contribution is -0.143. The summed E-state index contributed by atoms with van der Waals surface area (Å²) < 4.78 is 16.3. The highest BCUT2D eigenvalue weighted by molar-refractivity contribution is 5.91. The Morgan fingerprint density at radius 3 is 1.97 bits per heavy atom. The van der Waals surface area contributed by atoms with Crippen molar-refractivity contribution < 1.29 is 23.8 Å². The van der Waals surface area contributed by atoms with E-state index in [2.05, 4.69) is 5.32 Å². The van der Waals surface area contributed by atoms with Gasteiger partial charge in [-0.1, -0.05) is 66.7 Å². The quantitative estimate of drug-likeness (QED) is 0.349. The van der Waals surface area contributed by atoms with Gasteiger partial charge >= 0.3 is 5.97 Å². The van der Waals surface area contributed by atoms with E-state index in [9.17, 15) is 9.59 Å². The molecule has 1 N–H and O–H groups in total. The molecule has 0 saturated heterocycles. The average molecular weight is 458 g/mol. The Bertz CT molecular complexity index is 1140. The van der Waals surface area contributed by atoms with Gasteiger partial charge < -0.3 is 19.5 Å². The summed E-state index contributed by atoms with van der Waals surface area (Å²) >= 11 is 0. The second kappa shape index (κ2) is 12.6. The van der Waals surface area contributed by atoms with Gasteiger partial charge in [0.2, 0.25) is 5.91 Å². The first-order valence-corrected chi connectivity index (χ1v) is 10.8. The smallest absolute Gasteiger partial charge is 0.331 e. The van der Waals surface area contributed by atoms with Crippen LogP contribution in [0.1, 0.15) is 22.8 Å². The standard InChI is InChI=1S/C28H27NO5/c1-32-24-16-15-23(19-25(24)33-2)26(34-28(31)18-14-22-11-7-4-8-12-22)20-29-27(30)17-13-21-9-5-3-6-10-21/h3-19,26H,20H2,1-2H3,(H,29,30)/t26-/m0/s1. The number of carbonyl (C=O) groups is 2. The Hall–Kier alpha value is -4.32. The first-order valence-electron chi connectivity index (χ1n) is 10.8. The molecule has 0 aliphatic carbocycles. The number of amides is 1. The molecule has 0 fully saturated rings. The molecule has 34 heavy (non-hydrogen) atoms. The van der Waals surface area contributed by atoms with Crippen molar-refractivity contribution in [3.05, 3.63) is 108 Å². The van der Waals surface area contributed by atoms with Crippen LogP contribution in [0.4, 0.5) is 0 Å². The van der Waals surface area contributed by atoms with Crippen molar-refractivity contribution in [1.29, 1.82) is 0 Å². The fraction of sp³-hybridized carbons (Fsp3) is 0.143. The first-order chi connectivity index (χ1) is 16.6. The van der Waals surface area contributed by atoms with Gasteiger partial charge in [0.1, 0.15) is 6.10 Å². The number of hydrogen-bond acceptors (Lipinski definition) is 5. The summed E-state index contributed by atoms with van der Waals surface area (Å²) in [4.78, 5) is 24.9. The molecule has 1 amide bonds. The molecule has 1 atom stereocenters. The molecule has 3 aromatic carbocycles. The van der Waals surface area contributed by atoms with Gasteiger partial charge in [-0.2, -0.15) is 0 Å². The first kappa shape index (κ1) is 24.3. The molecule has 3 aromatic rings. The maximum Gasteiger partial charge on any atom is 0.331 e. The number of ether oxygens (including phenoxy) is 3. The molecule has 0 saturated carbocycles. The third-order valence-corrected chi connectivity index (χ3v) is 4.94. The van der Waals surface area contributed by atoms with Gasteiger partial charge in [-0.3, -0.25) is 4.79 Å². The zero-order valence-electron chi connectivity index (χ0n) is 19.1. The molecular weight excluding hydrogens is 430 g/mol. The summed E-state index contributed by atoms with van der Waals surface area (Å²) in [7, 11) is 3.07. The van der Waals surface area contributed by atoms with E-state index in [0.717, 1.165) is 11.1 Å². The topological polar surface area (TPSA) is 73.9 Å². The fourth-order valence-electron chi connectivity index (χ4n) is 3.18.